The van der Waals surface area contributed by atoms with E-state index in [1.807, 2.05) is 12.1 Å². The van der Waals surface area contributed by atoms with E-state index in [2.05, 4.69) is 12.2 Å². The third kappa shape index (κ3) is 3.36. The molecule has 0 bridgehead atoms. The summed E-state index contributed by atoms with van der Waals surface area (Å²) >= 11 is 0. The van der Waals surface area contributed by atoms with Gasteiger partial charge in [0.2, 0.25) is 0 Å². The van der Waals surface area contributed by atoms with Crippen LogP contribution in [0.5, 0.6) is 5.75 Å². The molecule has 1 amide bonds. The standard InChI is InChI=1S/C20H21NO4/c1-4-13-5-10-17-14(11-13)12-20(2,25-18(17)22)19(23)21-15-6-8-16(24-3)9-7-15/h5-11H,4,12H2,1-3H3,(H,21,23). The van der Waals surface area contributed by atoms with Crippen LogP contribution < -0.4 is 10.1 Å². The Labute approximate surface area is 147 Å². The SMILES string of the molecule is CCc1ccc2c(c1)CC(C)(C(=O)Nc1ccc(OC)cc1)OC2=O. The second-order valence-electron chi connectivity index (χ2n) is 6.32. The van der Waals surface area contributed by atoms with E-state index in [0.29, 0.717) is 23.4 Å². The van der Waals surface area contributed by atoms with Crippen LogP contribution in [-0.4, -0.2) is 24.6 Å². The fourth-order valence-electron chi connectivity index (χ4n) is 2.94. The number of carbonyl (C=O) groups excluding carboxylic acids is 2. The highest BCUT2D eigenvalue weighted by molar-refractivity contribution is 6.02. The van der Waals surface area contributed by atoms with E-state index in [-0.39, 0.29) is 5.91 Å². The first kappa shape index (κ1) is 17.0. The van der Waals surface area contributed by atoms with Gasteiger partial charge in [0.1, 0.15) is 5.75 Å². The molecule has 0 fully saturated rings. The minimum Gasteiger partial charge on any atom is -0.497 e. The molecule has 0 aliphatic carbocycles. The van der Waals surface area contributed by atoms with E-state index in [9.17, 15) is 9.59 Å². The average Bonchev–Trinajstić information content (AvgIpc) is 2.61. The van der Waals surface area contributed by atoms with Crippen LogP contribution in [0.25, 0.3) is 0 Å². The van der Waals surface area contributed by atoms with Gasteiger partial charge in [-0.2, -0.15) is 0 Å². The molecule has 0 aromatic heterocycles. The molecular formula is C20H21NO4. The monoisotopic (exact) mass is 339 g/mol. The van der Waals surface area contributed by atoms with Gasteiger partial charge in [0.05, 0.1) is 12.7 Å². The number of carbonyl (C=O) groups is 2. The maximum atomic E-state index is 12.7. The lowest BCUT2D eigenvalue weighted by Crippen LogP contribution is -2.48. The van der Waals surface area contributed by atoms with Crippen molar-refractivity contribution in [2.24, 2.45) is 0 Å². The summed E-state index contributed by atoms with van der Waals surface area (Å²) in [6.07, 6.45) is 1.22. The van der Waals surface area contributed by atoms with Gasteiger partial charge in [-0.25, -0.2) is 4.79 Å². The molecule has 0 saturated heterocycles. The van der Waals surface area contributed by atoms with Crippen LogP contribution in [0.3, 0.4) is 0 Å². The number of anilines is 1. The summed E-state index contributed by atoms with van der Waals surface area (Å²) in [4.78, 5) is 25.1. The van der Waals surface area contributed by atoms with Crippen LogP contribution in [0.4, 0.5) is 5.69 Å². The minimum atomic E-state index is -1.24. The predicted molar refractivity (Wildman–Crippen MR) is 95.0 cm³/mol. The first-order valence-electron chi connectivity index (χ1n) is 8.26. The van der Waals surface area contributed by atoms with Crippen molar-refractivity contribution in [2.45, 2.75) is 32.3 Å². The number of methoxy groups -OCH3 is 1. The number of rotatable bonds is 4. The van der Waals surface area contributed by atoms with E-state index in [1.54, 1.807) is 44.4 Å². The number of amides is 1. The van der Waals surface area contributed by atoms with E-state index < -0.39 is 11.6 Å². The fraction of sp³-hybridized carbons (Fsp3) is 0.300. The summed E-state index contributed by atoms with van der Waals surface area (Å²) in [5.41, 5.74) is 1.90. The molecule has 0 radical (unpaired) electrons. The lowest BCUT2D eigenvalue weighted by atomic mass is 9.88. The number of nitrogens with one attached hydrogen (secondary N) is 1. The van der Waals surface area contributed by atoms with Gasteiger partial charge < -0.3 is 14.8 Å². The molecule has 1 unspecified atom stereocenters. The second-order valence-corrected chi connectivity index (χ2v) is 6.32. The highest BCUT2D eigenvalue weighted by Gasteiger charge is 2.42. The molecule has 0 spiro atoms. The minimum absolute atomic E-state index is 0.349. The Kier molecular flexibility index (Phi) is 4.49. The molecule has 2 aromatic rings. The van der Waals surface area contributed by atoms with Crippen molar-refractivity contribution >= 4 is 17.6 Å². The summed E-state index contributed by atoms with van der Waals surface area (Å²) in [7, 11) is 1.58. The van der Waals surface area contributed by atoms with Crippen molar-refractivity contribution in [3.63, 3.8) is 0 Å². The highest BCUT2D eigenvalue weighted by Crippen LogP contribution is 2.30. The lowest BCUT2D eigenvalue weighted by Gasteiger charge is -2.33. The molecule has 3 rings (SSSR count). The molecule has 5 heteroatoms. The van der Waals surface area contributed by atoms with Crippen LogP contribution in [0.1, 0.15) is 35.3 Å². The van der Waals surface area contributed by atoms with E-state index in [1.165, 1.54) is 0 Å². The largest absolute Gasteiger partial charge is 0.497 e. The van der Waals surface area contributed by atoms with Crippen LogP contribution in [0.2, 0.25) is 0 Å². The summed E-state index contributed by atoms with van der Waals surface area (Å²) < 4.78 is 10.6. The number of fused-ring (bicyclic) bond motifs is 1. The smallest absolute Gasteiger partial charge is 0.339 e. The summed E-state index contributed by atoms with van der Waals surface area (Å²) in [6, 6.07) is 12.7. The number of ether oxygens (including phenoxy) is 2. The fourth-order valence-corrected chi connectivity index (χ4v) is 2.94. The second kappa shape index (κ2) is 6.59. The van der Waals surface area contributed by atoms with Crippen molar-refractivity contribution in [1.82, 2.24) is 0 Å². The Morgan fingerprint density at radius 2 is 1.96 bits per heavy atom. The number of hydrogen-bond donors (Lipinski definition) is 1. The van der Waals surface area contributed by atoms with Crippen molar-refractivity contribution in [1.29, 1.82) is 0 Å². The number of aryl methyl sites for hydroxylation is 1. The maximum absolute atomic E-state index is 12.7. The zero-order valence-electron chi connectivity index (χ0n) is 14.6. The summed E-state index contributed by atoms with van der Waals surface area (Å²) in [6.45, 7) is 3.70. The van der Waals surface area contributed by atoms with E-state index >= 15 is 0 Å². The Bertz CT molecular complexity index is 813. The van der Waals surface area contributed by atoms with Crippen LogP contribution in [0, 0.1) is 0 Å². The number of esters is 1. The van der Waals surface area contributed by atoms with Crippen LogP contribution >= 0.6 is 0 Å². The number of hydrogen-bond acceptors (Lipinski definition) is 4. The van der Waals surface area contributed by atoms with Crippen molar-refractivity contribution in [3.8, 4) is 5.75 Å². The molecular weight excluding hydrogens is 318 g/mol. The summed E-state index contributed by atoms with van der Waals surface area (Å²) in [5, 5.41) is 2.81. The number of cyclic esters (lactones) is 1. The van der Waals surface area contributed by atoms with Crippen LogP contribution in [0.15, 0.2) is 42.5 Å². The van der Waals surface area contributed by atoms with Gasteiger partial charge in [-0.3, -0.25) is 4.79 Å². The summed E-state index contributed by atoms with van der Waals surface area (Å²) in [5.74, 6) is -0.107. The molecule has 1 atom stereocenters. The predicted octanol–water partition coefficient (Wildman–Crippen LogP) is 3.37. The molecule has 1 N–H and O–H groups in total. The topological polar surface area (TPSA) is 64.6 Å². The van der Waals surface area contributed by atoms with Gasteiger partial charge >= 0.3 is 5.97 Å². The zero-order chi connectivity index (χ0) is 18.0. The molecule has 0 saturated carbocycles. The first-order valence-corrected chi connectivity index (χ1v) is 8.26. The Hall–Kier alpha value is -2.82. The van der Waals surface area contributed by atoms with Gasteiger partial charge in [-0.05, 0) is 54.8 Å². The van der Waals surface area contributed by atoms with Crippen molar-refractivity contribution in [2.75, 3.05) is 12.4 Å². The van der Waals surface area contributed by atoms with Crippen molar-refractivity contribution < 1.29 is 19.1 Å². The molecule has 130 valence electrons. The molecule has 5 nitrogen and oxygen atoms in total. The highest BCUT2D eigenvalue weighted by atomic mass is 16.6. The molecule has 1 aliphatic rings. The van der Waals surface area contributed by atoms with Gasteiger partial charge in [0, 0.05) is 12.1 Å². The molecule has 1 heterocycles. The number of benzene rings is 2. The Morgan fingerprint density at radius 1 is 1.24 bits per heavy atom. The lowest BCUT2D eigenvalue weighted by molar-refractivity contribution is -0.134. The molecule has 2 aromatic carbocycles. The third-order valence-electron chi connectivity index (χ3n) is 4.47. The van der Waals surface area contributed by atoms with Gasteiger partial charge in [-0.1, -0.05) is 19.1 Å². The molecule has 25 heavy (non-hydrogen) atoms. The van der Waals surface area contributed by atoms with Crippen molar-refractivity contribution in [3.05, 3.63) is 59.2 Å². The normalized spacial score (nSPS) is 18.9. The Morgan fingerprint density at radius 3 is 2.60 bits per heavy atom. The van der Waals surface area contributed by atoms with E-state index in [0.717, 1.165) is 17.5 Å². The third-order valence-corrected chi connectivity index (χ3v) is 4.47. The average molecular weight is 339 g/mol. The van der Waals surface area contributed by atoms with Gasteiger partial charge in [-0.15, -0.1) is 0 Å². The first-order chi connectivity index (χ1) is 11.9. The van der Waals surface area contributed by atoms with E-state index in [4.69, 9.17) is 9.47 Å². The Balaban J connectivity index is 1.82. The van der Waals surface area contributed by atoms with Crippen LogP contribution in [-0.2, 0) is 22.4 Å². The maximum Gasteiger partial charge on any atom is 0.339 e. The quantitative estimate of drug-likeness (QED) is 0.868. The molecule has 1 aliphatic heterocycles. The van der Waals surface area contributed by atoms with Gasteiger partial charge in [0.15, 0.2) is 5.60 Å². The van der Waals surface area contributed by atoms with Gasteiger partial charge in [0.25, 0.3) is 5.91 Å². The zero-order valence-corrected chi connectivity index (χ0v) is 14.6.